The molecule has 0 atom stereocenters. The van der Waals surface area contributed by atoms with Gasteiger partial charge in [0.05, 0.1) is 22.8 Å². The van der Waals surface area contributed by atoms with E-state index in [0.29, 0.717) is 32.2 Å². The Kier molecular flexibility index (Phi) is 4.26. The van der Waals surface area contributed by atoms with Crippen LogP contribution in [0.1, 0.15) is 5.56 Å². The maximum atomic E-state index is 12.5. The van der Waals surface area contributed by atoms with Crippen LogP contribution < -0.4 is 5.43 Å². The Labute approximate surface area is 141 Å². The number of hydrogen-bond acceptors (Lipinski definition) is 2. The molecule has 0 amide bonds. The molecule has 1 heterocycles. The van der Waals surface area contributed by atoms with E-state index in [9.17, 15) is 4.79 Å². The lowest BCUT2D eigenvalue weighted by molar-refractivity contribution is 0.983. The van der Waals surface area contributed by atoms with Crippen LogP contribution in [0.4, 0.5) is 0 Å². The molecule has 1 aromatic heterocycles. The molecule has 0 aliphatic rings. The number of fused-ring (bicyclic) bond motifs is 1. The number of para-hydroxylation sites is 1. The summed E-state index contributed by atoms with van der Waals surface area (Å²) >= 11 is 12.4. The predicted octanol–water partition coefficient (Wildman–Crippen LogP) is 5.11. The van der Waals surface area contributed by atoms with Gasteiger partial charge in [0.25, 0.3) is 0 Å². The number of azide groups is 1. The highest BCUT2D eigenvalue weighted by Crippen LogP contribution is 2.26. The SMILES string of the molecule is [N-]=[N+]=NCc1cn(-c2ccccc2Cl)c2cc(Cl)ccc2c1=O. The van der Waals surface area contributed by atoms with E-state index < -0.39 is 0 Å². The first-order valence-electron chi connectivity index (χ1n) is 6.71. The molecule has 0 unspecified atom stereocenters. The van der Waals surface area contributed by atoms with Crippen molar-refractivity contribution >= 4 is 34.1 Å². The van der Waals surface area contributed by atoms with Crippen LogP contribution in [0.15, 0.2) is 58.6 Å². The number of rotatable bonds is 3. The van der Waals surface area contributed by atoms with E-state index in [1.165, 1.54) is 0 Å². The van der Waals surface area contributed by atoms with Gasteiger partial charge in [-0.1, -0.05) is 40.4 Å². The minimum atomic E-state index is -0.188. The van der Waals surface area contributed by atoms with Crippen LogP contribution in [-0.4, -0.2) is 4.57 Å². The molecule has 2 aromatic carbocycles. The second-order valence-corrected chi connectivity index (χ2v) is 5.70. The summed E-state index contributed by atoms with van der Waals surface area (Å²) in [5, 5.41) is 5.03. The molecule has 0 N–H and O–H groups in total. The molecule has 0 spiro atoms. The average molecular weight is 345 g/mol. The summed E-state index contributed by atoms with van der Waals surface area (Å²) in [6.45, 7) is -0.0294. The molecule has 3 rings (SSSR count). The quantitative estimate of drug-likeness (QED) is 0.369. The van der Waals surface area contributed by atoms with E-state index in [4.69, 9.17) is 28.7 Å². The highest BCUT2D eigenvalue weighted by Gasteiger charge is 2.12. The lowest BCUT2D eigenvalue weighted by atomic mass is 10.1. The Morgan fingerprint density at radius 2 is 1.96 bits per heavy atom. The monoisotopic (exact) mass is 344 g/mol. The molecule has 23 heavy (non-hydrogen) atoms. The fourth-order valence-corrected chi connectivity index (χ4v) is 2.81. The van der Waals surface area contributed by atoms with Gasteiger partial charge in [-0.3, -0.25) is 4.79 Å². The van der Waals surface area contributed by atoms with Gasteiger partial charge < -0.3 is 4.57 Å². The normalized spacial score (nSPS) is 10.5. The van der Waals surface area contributed by atoms with Crippen molar-refractivity contribution in [3.63, 3.8) is 0 Å². The lowest BCUT2D eigenvalue weighted by Crippen LogP contribution is -2.13. The van der Waals surface area contributed by atoms with Crippen LogP contribution >= 0.6 is 23.2 Å². The summed E-state index contributed by atoms with van der Waals surface area (Å²) in [6.07, 6.45) is 1.64. The summed E-state index contributed by atoms with van der Waals surface area (Å²) in [7, 11) is 0. The maximum absolute atomic E-state index is 12.5. The third-order valence-corrected chi connectivity index (χ3v) is 4.01. The second-order valence-electron chi connectivity index (χ2n) is 4.86. The lowest BCUT2D eigenvalue weighted by Gasteiger charge is -2.14. The Balaban J connectivity index is 2.41. The van der Waals surface area contributed by atoms with Crippen LogP contribution in [0.5, 0.6) is 0 Å². The molecule has 0 aliphatic heterocycles. The number of benzene rings is 2. The van der Waals surface area contributed by atoms with Gasteiger partial charge in [-0.2, -0.15) is 0 Å². The predicted molar refractivity (Wildman–Crippen MR) is 92.4 cm³/mol. The van der Waals surface area contributed by atoms with Crippen molar-refractivity contribution in [3.8, 4) is 5.69 Å². The van der Waals surface area contributed by atoms with E-state index in [0.717, 1.165) is 0 Å². The van der Waals surface area contributed by atoms with Crippen LogP contribution in [0.3, 0.4) is 0 Å². The molecule has 0 fully saturated rings. The number of halogens is 2. The molecule has 0 bridgehead atoms. The van der Waals surface area contributed by atoms with Crippen molar-refractivity contribution < 1.29 is 0 Å². The zero-order valence-electron chi connectivity index (χ0n) is 11.8. The smallest absolute Gasteiger partial charge is 0.192 e. The van der Waals surface area contributed by atoms with E-state index >= 15 is 0 Å². The van der Waals surface area contributed by atoms with Crippen LogP contribution in [-0.2, 0) is 6.54 Å². The molecule has 7 heteroatoms. The van der Waals surface area contributed by atoms with E-state index in [1.807, 2.05) is 18.2 Å². The van der Waals surface area contributed by atoms with Gasteiger partial charge in [0.2, 0.25) is 0 Å². The number of pyridine rings is 1. The van der Waals surface area contributed by atoms with Gasteiger partial charge in [-0.05, 0) is 35.9 Å². The third-order valence-electron chi connectivity index (χ3n) is 3.46. The van der Waals surface area contributed by atoms with Crippen molar-refractivity contribution in [2.75, 3.05) is 0 Å². The van der Waals surface area contributed by atoms with Crippen LogP contribution in [0.25, 0.3) is 27.0 Å². The zero-order valence-corrected chi connectivity index (χ0v) is 13.3. The van der Waals surface area contributed by atoms with Gasteiger partial charge in [0.1, 0.15) is 0 Å². The Bertz CT molecular complexity index is 1010. The largest absolute Gasteiger partial charge is 0.314 e. The highest BCUT2D eigenvalue weighted by molar-refractivity contribution is 6.32. The molecular weight excluding hydrogens is 335 g/mol. The van der Waals surface area contributed by atoms with Crippen molar-refractivity contribution in [3.05, 3.63) is 84.9 Å². The van der Waals surface area contributed by atoms with Gasteiger partial charge in [0, 0.05) is 27.1 Å². The molecular formula is C16H10Cl2N4O. The first-order valence-corrected chi connectivity index (χ1v) is 7.47. The van der Waals surface area contributed by atoms with E-state index in [-0.39, 0.29) is 12.0 Å². The van der Waals surface area contributed by atoms with Crippen LogP contribution in [0.2, 0.25) is 10.0 Å². The summed E-state index contributed by atoms with van der Waals surface area (Å²) in [4.78, 5) is 15.3. The van der Waals surface area contributed by atoms with Crippen molar-refractivity contribution in [2.45, 2.75) is 6.54 Å². The topological polar surface area (TPSA) is 70.8 Å². The summed E-state index contributed by atoms with van der Waals surface area (Å²) in [6, 6.07) is 12.3. The Hall–Kier alpha value is -2.46. The summed E-state index contributed by atoms with van der Waals surface area (Å²) in [5.74, 6) is 0. The number of hydrogen-bond donors (Lipinski definition) is 0. The van der Waals surface area contributed by atoms with Gasteiger partial charge in [-0.25, -0.2) is 0 Å². The van der Waals surface area contributed by atoms with Crippen molar-refractivity contribution in [1.82, 2.24) is 4.57 Å². The number of aromatic nitrogens is 1. The first kappa shape index (κ1) is 15.4. The van der Waals surface area contributed by atoms with Crippen molar-refractivity contribution in [1.29, 1.82) is 0 Å². The third kappa shape index (κ3) is 2.90. The highest BCUT2D eigenvalue weighted by atomic mass is 35.5. The molecule has 3 aromatic rings. The van der Waals surface area contributed by atoms with Crippen molar-refractivity contribution in [2.24, 2.45) is 5.11 Å². The minimum Gasteiger partial charge on any atom is -0.314 e. The fraction of sp³-hybridized carbons (Fsp3) is 0.0625. The second kappa shape index (κ2) is 6.34. The van der Waals surface area contributed by atoms with E-state index in [1.54, 1.807) is 35.0 Å². The maximum Gasteiger partial charge on any atom is 0.192 e. The minimum absolute atomic E-state index is 0.0294. The Morgan fingerprint density at radius 1 is 1.17 bits per heavy atom. The molecule has 5 nitrogen and oxygen atoms in total. The van der Waals surface area contributed by atoms with Gasteiger partial charge in [0.15, 0.2) is 5.43 Å². The van der Waals surface area contributed by atoms with Gasteiger partial charge >= 0.3 is 0 Å². The summed E-state index contributed by atoms with van der Waals surface area (Å²) < 4.78 is 1.78. The van der Waals surface area contributed by atoms with Crippen LogP contribution in [0, 0.1) is 0 Å². The van der Waals surface area contributed by atoms with E-state index in [2.05, 4.69) is 10.0 Å². The van der Waals surface area contributed by atoms with Gasteiger partial charge in [-0.15, -0.1) is 0 Å². The first-order chi connectivity index (χ1) is 11.1. The Morgan fingerprint density at radius 3 is 2.70 bits per heavy atom. The zero-order chi connectivity index (χ0) is 16.4. The number of nitrogens with zero attached hydrogens (tertiary/aromatic N) is 4. The molecule has 114 valence electrons. The fourth-order valence-electron chi connectivity index (χ4n) is 2.42. The molecule has 0 radical (unpaired) electrons. The average Bonchev–Trinajstić information content (AvgIpc) is 2.55. The summed E-state index contributed by atoms with van der Waals surface area (Å²) in [5.41, 5.74) is 10.1. The molecule has 0 saturated carbocycles. The standard InChI is InChI=1S/C16H10Cl2N4O/c17-11-5-6-12-15(7-11)22(14-4-2-1-3-13(14)18)9-10(16(12)23)8-20-21-19/h1-7,9H,8H2. The molecule has 0 saturated heterocycles. The molecule has 0 aliphatic carbocycles.